The van der Waals surface area contributed by atoms with Gasteiger partial charge in [0, 0.05) is 17.2 Å². The second-order valence-electron chi connectivity index (χ2n) is 5.69. The Bertz CT molecular complexity index is 778. The number of aromatic nitrogens is 2. The first-order chi connectivity index (χ1) is 11.6. The Labute approximate surface area is 140 Å². The van der Waals surface area contributed by atoms with Gasteiger partial charge in [0.1, 0.15) is 0 Å². The topological polar surface area (TPSA) is 88.6 Å². The first-order valence-electron chi connectivity index (χ1n) is 7.74. The number of hydrazone groups is 1. The summed E-state index contributed by atoms with van der Waals surface area (Å²) in [5.41, 5.74) is 5.38. The van der Waals surface area contributed by atoms with Crippen molar-refractivity contribution >= 4 is 11.6 Å². The molecule has 126 valence electrons. The zero-order valence-corrected chi connectivity index (χ0v) is 13.9. The van der Waals surface area contributed by atoms with Gasteiger partial charge in [0.15, 0.2) is 17.2 Å². The fourth-order valence-corrected chi connectivity index (χ4v) is 2.37. The second-order valence-corrected chi connectivity index (χ2v) is 5.69. The fraction of sp³-hybridized carbons (Fsp3) is 0.353. The number of nitrogens with one attached hydrogen (secondary N) is 2. The van der Waals surface area contributed by atoms with Gasteiger partial charge in [0.25, 0.3) is 5.91 Å². The van der Waals surface area contributed by atoms with Crippen molar-refractivity contribution in [3.05, 3.63) is 41.2 Å². The molecule has 2 aromatic rings. The molecule has 1 aromatic heterocycles. The molecule has 1 saturated carbocycles. The van der Waals surface area contributed by atoms with Gasteiger partial charge >= 0.3 is 0 Å². The first-order valence-corrected chi connectivity index (χ1v) is 7.74. The van der Waals surface area contributed by atoms with Crippen LogP contribution in [0, 0.1) is 0 Å². The smallest absolute Gasteiger partial charge is 0.291 e. The minimum Gasteiger partial charge on any atom is -0.493 e. The van der Waals surface area contributed by atoms with Crippen molar-refractivity contribution in [2.24, 2.45) is 5.10 Å². The van der Waals surface area contributed by atoms with Crippen LogP contribution in [0.25, 0.3) is 0 Å². The summed E-state index contributed by atoms with van der Waals surface area (Å²) in [6.45, 7) is 1.81. The van der Waals surface area contributed by atoms with E-state index in [-0.39, 0.29) is 5.91 Å². The standard InChI is InChI=1S/C17H20N4O3/c1-10(12-6-7-15(23-2)16(8-12)24-3)18-21-17(22)14-9-13(19-20-14)11-4-5-11/h6-9,11H,4-5H2,1-3H3,(H,19,20)(H,21,22). The van der Waals surface area contributed by atoms with Crippen LogP contribution < -0.4 is 14.9 Å². The molecule has 1 aliphatic carbocycles. The fourth-order valence-electron chi connectivity index (χ4n) is 2.37. The number of nitrogens with zero attached hydrogens (tertiary/aromatic N) is 2. The molecule has 1 amide bonds. The van der Waals surface area contributed by atoms with Crippen molar-refractivity contribution in [3.8, 4) is 11.5 Å². The molecule has 0 radical (unpaired) electrons. The Morgan fingerprint density at radius 3 is 2.67 bits per heavy atom. The Balaban J connectivity index is 1.69. The maximum atomic E-state index is 12.1. The average molecular weight is 328 g/mol. The third-order valence-corrected chi connectivity index (χ3v) is 3.97. The van der Waals surface area contributed by atoms with Gasteiger partial charge in [-0.15, -0.1) is 0 Å². The number of hydrogen-bond acceptors (Lipinski definition) is 5. The quantitative estimate of drug-likeness (QED) is 0.630. The molecule has 0 aliphatic heterocycles. The maximum Gasteiger partial charge on any atom is 0.291 e. The number of H-pyrrole nitrogens is 1. The summed E-state index contributed by atoms with van der Waals surface area (Å²) in [7, 11) is 3.16. The van der Waals surface area contributed by atoms with E-state index < -0.39 is 0 Å². The van der Waals surface area contributed by atoms with Crippen LogP contribution in [0.5, 0.6) is 11.5 Å². The highest BCUT2D eigenvalue weighted by Crippen LogP contribution is 2.38. The average Bonchev–Trinajstić information content (AvgIpc) is 3.35. The number of carbonyl (C=O) groups is 1. The summed E-state index contributed by atoms with van der Waals surface area (Å²) in [6.07, 6.45) is 2.31. The number of hydrogen-bond donors (Lipinski definition) is 2. The number of aromatic amines is 1. The molecule has 1 aliphatic rings. The summed E-state index contributed by atoms with van der Waals surface area (Å²) >= 11 is 0. The summed E-state index contributed by atoms with van der Waals surface area (Å²) in [4.78, 5) is 12.1. The van der Waals surface area contributed by atoms with Gasteiger partial charge in [-0.25, -0.2) is 5.43 Å². The highest BCUT2D eigenvalue weighted by atomic mass is 16.5. The van der Waals surface area contributed by atoms with Crippen LogP contribution in [0.15, 0.2) is 29.4 Å². The Morgan fingerprint density at radius 1 is 1.25 bits per heavy atom. The molecule has 24 heavy (non-hydrogen) atoms. The lowest BCUT2D eigenvalue weighted by molar-refractivity contribution is 0.0950. The molecule has 0 atom stereocenters. The molecular weight excluding hydrogens is 308 g/mol. The van der Waals surface area contributed by atoms with E-state index in [9.17, 15) is 4.79 Å². The number of methoxy groups -OCH3 is 2. The molecule has 1 aromatic carbocycles. The SMILES string of the molecule is COc1ccc(C(C)=NNC(=O)c2cc(C3CC3)[nH]n2)cc1OC. The maximum absolute atomic E-state index is 12.1. The molecule has 0 bridgehead atoms. The van der Waals surface area contributed by atoms with E-state index in [1.54, 1.807) is 26.4 Å². The van der Waals surface area contributed by atoms with Gasteiger partial charge in [0.2, 0.25) is 0 Å². The van der Waals surface area contributed by atoms with E-state index in [0.717, 1.165) is 24.1 Å². The summed E-state index contributed by atoms with van der Waals surface area (Å²) in [6, 6.07) is 7.24. The summed E-state index contributed by atoms with van der Waals surface area (Å²) in [5.74, 6) is 1.44. The lowest BCUT2D eigenvalue weighted by atomic mass is 10.1. The van der Waals surface area contributed by atoms with Crippen LogP contribution in [0.1, 0.15) is 47.4 Å². The largest absolute Gasteiger partial charge is 0.493 e. The van der Waals surface area contributed by atoms with Crippen LogP contribution >= 0.6 is 0 Å². The zero-order valence-electron chi connectivity index (χ0n) is 13.9. The molecule has 0 saturated heterocycles. The monoisotopic (exact) mass is 328 g/mol. The Hall–Kier alpha value is -2.83. The predicted molar refractivity (Wildman–Crippen MR) is 89.8 cm³/mol. The number of benzene rings is 1. The number of carbonyl (C=O) groups excluding carboxylic acids is 1. The first kappa shape index (κ1) is 16.0. The molecule has 7 nitrogen and oxygen atoms in total. The van der Waals surface area contributed by atoms with Crippen LogP contribution in [-0.4, -0.2) is 36.0 Å². The van der Waals surface area contributed by atoms with Gasteiger partial charge in [-0.3, -0.25) is 9.89 Å². The van der Waals surface area contributed by atoms with E-state index in [4.69, 9.17) is 9.47 Å². The molecule has 0 spiro atoms. The number of amides is 1. The number of ether oxygens (including phenoxy) is 2. The van der Waals surface area contributed by atoms with Crippen molar-refractivity contribution < 1.29 is 14.3 Å². The lowest BCUT2D eigenvalue weighted by Gasteiger charge is -2.09. The molecule has 1 fully saturated rings. The lowest BCUT2D eigenvalue weighted by Crippen LogP contribution is -2.19. The Morgan fingerprint density at radius 2 is 2.00 bits per heavy atom. The summed E-state index contributed by atoms with van der Waals surface area (Å²) < 4.78 is 10.5. The van der Waals surface area contributed by atoms with Gasteiger partial charge in [-0.1, -0.05) is 0 Å². The molecular formula is C17H20N4O3. The second kappa shape index (κ2) is 6.74. The van der Waals surface area contributed by atoms with Crippen LogP contribution in [-0.2, 0) is 0 Å². The van der Waals surface area contributed by atoms with Gasteiger partial charge in [0.05, 0.1) is 19.9 Å². The molecule has 0 unspecified atom stereocenters. The van der Waals surface area contributed by atoms with Gasteiger partial charge < -0.3 is 9.47 Å². The minimum atomic E-state index is -0.335. The van der Waals surface area contributed by atoms with E-state index in [1.807, 2.05) is 19.1 Å². The van der Waals surface area contributed by atoms with E-state index in [1.165, 1.54) is 0 Å². The van der Waals surface area contributed by atoms with E-state index in [0.29, 0.717) is 28.8 Å². The van der Waals surface area contributed by atoms with Crippen LogP contribution in [0.3, 0.4) is 0 Å². The van der Waals surface area contributed by atoms with E-state index >= 15 is 0 Å². The Kier molecular flexibility index (Phi) is 4.50. The highest BCUT2D eigenvalue weighted by Gasteiger charge is 2.26. The van der Waals surface area contributed by atoms with Crippen LogP contribution in [0.4, 0.5) is 0 Å². The van der Waals surface area contributed by atoms with Crippen LogP contribution in [0.2, 0.25) is 0 Å². The molecule has 2 N–H and O–H groups in total. The third-order valence-electron chi connectivity index (χ3n) is 3.97. The number of rotatable bonds is 6. The van der Waals surface area contributed by atoms with E-state index in [2.05, 4.69) is 20.7 Å². The van der Waals surface area contributed by atoms with Crippen molar-refractivity contribution in [2.75, 3.05) is 14.2 Å². The highest BCUT2D eigenvalue weighted by molar-refractivity contribution is 6.00. The molecule has 7 heteroatoms. The predicted octanol–water partition coefficient (Wildman–Crippen LogP) is 2.46. The summed E-state index contributed by atoms with van der Waals surface area (Å²) in [5, 5.41) is 11.1. The zero-order chi connectivity index (χ0) is 17.1. The van der Waals surface area contributed by atoms with Gasteiger partial charge in [-0.2, -0.15) is 10.2 Å². The van der Waals surface area contributed by atoms with Crippen molar-refractivity contribution in [1.29, 1.82) is 0 Å². The molecule has 3 rings (SSSR count). The van der Waals surface area contributed by atoms with Crippen molar-refractivity contribution in [3.63, 3.8) is 0 Å². The third kappa shape index (κ3) is 3.40. The van der Waals surface area contributed by atoms with Crippen molar-refractivity contribution in [2.45, 2.75) is 25.7 Å². The molecule has 1 heterocycles. The van der Waals surface area contributed by atoms with Crippen molar-refractivity contribution in [1.82, 2.24) is 15.6 Å². The van der Waals surface area contributed by atoms with Gasteiger partial charge in [-0.05, 0) is 44.0 Å². The normalized spacial score (nSPS) is 14.4. The minimum absolute atomic E-state index is 0.335.